The van der Waals surface area contributed by atoms with Gasteiger partial charge in [0.05, 0.1) is 6.42 Å². The van der Waals surface area contributed by atoms with E-state index in [9.17, 15) is 9.18 Å². The van der Waals surface area contributed by atoms with Crippen LogP contribution in [0.15, 0.2) is 67.0 Å². The standard InChI is InChI=1S/C19H18FN3O/c1-23-12-11-21-19(23)18(15-9-5-6-10-16(15)20)22-17(24)13-14-7-3-2-4-8-14/h2-12,18H,13H2,1H3,(H,22,24)/t18-/m0/s1. The van der Waals surface area contributed by atoms with Crippen molar-refractivity contribution in [2.45, 2.75) is 12.5 Å². The minimum atomic E-state index is -0.637. The Kier molecular flexibility index (Phi) is 4.70. The molecule has 0 fully saturated rings. The summed E-state index contributed by atoms with van der Waals surface area (Å²) >= 11 is 0. The molecule has 1 aromatic heterocycles. The molecule has 1 heterocycles. The highest BCUT2D eigenvalue weighted by Gasteiger charge is 2.23. The molecule has 1 atom stereocenters. The van der Waals surface area contributed by atoms with Crippen LogP contribution < -0.4 is 5.32 Å². The van der Waals surface area contributed by atoms with E-state index in [4.69, 9.17) is 0 Å². The molecule has 0 aliphatic rings. The molecule has 0 radical (unpaired) electrons. The van der Waals surface area contributed by atoms with Crippen molar-refractivity contribution in [1.29, 1.82) is 0 Å². The van der Waals surface area contributed by atoms with Gasteiger partial charge in [0.2, 0.25) is 5.91 Å². The van der Waals surface area contributed by atoms with Crippen LogP contribution in [0.5, 0.6) is 0 Å². The third kappa shape index (κ3) is 3.51. The second kappa shape index (κ2) is 7.08. The first-order valence-electron chi connectivity index (χ1n) is 7.70. The summed E-state index contributed by atoms with van der Waals surface area (Å²) in [6.07, 6.45) is 3.63. The quantitative estimate of drug-likeness (QED) is 0.784. The zero-order valence-corrected chi connectivity index (χ0v) is 13.3. The van der Waals surface area contributed by atoms with Crippen LogP contribution in [-0.4, -0.2) is 15.5 Å². The van der Waals surface area contributed by atoms with Crippen LogP contribution in [0.2, 0.25) is 0 Å². The van der Waals surface area contributed by atoms with Gasteiger partial charge in [0.1, 0.15) is 17.7 Å². The number of carbonyl (C=O) groups excluding carboxylic acids is 1. The van der Waals surface area contributed by atoms with Crippen LogP contribution in [0.3, 0.4) is 0 Å². The van der Waals surface area contributed by atoms with Gasteiger partial charge in [-0.3, -0.25) is 4.79 Å². The van der Waals surface area contributed by atoms with Gasteiger partial charge in [-0.2, -0.15) is 0 Å². The largest absolute Gasteiger partial charge is 0.342 e. The van der Waals surface area contributed by atoms with Crippen molar-refractivity contribution in [1.82, 2.24) is 14.9 Å². The van der Waals surface area contributed by atoms with E-state index in [-0.39, 0.29) is 18.1 Å². The molecule has 0 aliphatic heterocycles. The number of nitrogens with one attached hydrogen (secondary N) is 1. The van der Waals surface area contributed by atoms with Crippen molar-refractivity contribution >= 4 is 5.91 Å². The molecule has 4 nitrogen and oxygen atoms in total. The van der Waals surface area contributed by atoms with E-state index >= 15 is 0 Å². The fraction of sp³-hybridized carbons (Fsp3) is 0.158. The molecule has 0 aliphatic carbocycles. The third-order valence-electron chi connectivity index (χ3n) is 3.85. The molecule has 0 bridgehead atoms. The first-order chi connectivity index (χ1) is 11.6. The number of imidazole rings is 1. The van der Waals surface area contributed by atoms with Gasteiger partial charge in [0, 0.05) is 25.0 Å². The molecule has 3 rings (SSSR count). The predicted molar refractivity (Wildman–Crippen MR) is 89.7 cm³/mol. The average molecular weight is 323 g/mol. The van der Waals surface area contributed by atoms with Crippen molar-refractivity contribution in [2.24, 2.45) is 7.05 Å². The first kappa shape index (κ1) is 15.9. The Morgan fingerprint density at radius 3 is 2.54 bits per heavy atom. The molecule has 0 unspecified atom stereocenters. The van der Waals surface area contributed by atoms with Gasteiger partial charge in [-0.1, -0.05) is 48.5 Å². The maximum atomic E-state index is 14.3. The number of aryl methyl sites for hydroxylation is 1. The second-order valence-corrected chi connectivity index (χ2v) is 5.58. The number of halogens is 1. The monoisotopic (exact) mass is 323 g/mol. The molecule has 3 aromatic rings. The number of aromatic nitrogens is 2. The molecular formula is C19H18FN3O. The van der Waals surface area contributed by atoms with E-state index in [0.717, 1.165) is 5.56 Å². The molecule has 0 saturated carbocycles. The average Bonchev–Trinajstić information content (AvgIpc) is 3.00. The number of carbonyl (C=O) groups is 1. The summed E-state index contributed by atoms with van der Waals surface area (Å²) in [5, 5.41) is 2.90. The van der Waals surface area contributed by atoms with Gasteiger partial charge in [-0.15, -0.1) is 0 Å². The van der Waals surface area contributed by atoms with E-state index in [1.54, 1.807) is 35.2 Å². The SMILES string of the molecule is Cn1ccnc1[C@@H](NC(=O)Cc1ccccc1)c1ccccc1F. The lowest BCUT2D eigenvalue weighted by Gasteiger charge is -2.19. The third-order valence-corrected chi connectivity index (χ3v) is 3.85. The van der Waals surface area contributed by atoms with Gasteiger partial charge >= 0.3 is 0 Å². The molecule has 24 heavy (non-hydrogen) atoms. The highest BCUT2D eigenvalue weighted by atomic mass is 19.1. The topological polar surface area (TPSA) is 46.9 Å². The molecule has 0 saturated heterocycles. The van der Waals surface area contributed by atoms with Crippen molar-refractivity contribution in [3.8, 4) is 0 Å². The Labute approximate surface area is 140 Å². The van der Waals surface area contributed by atoms with E-state index < -0.39 is 6.04 Å². The fourth-order valence-electron chi connectivity index (χ4n) is 2.64. The van der Waals surface area contributed by atoms with Crippen molar-refractivity contribution in [3.63, 3.8) is 0 Å². The Bertz CT molecular complexity index is 829. The Morgan fingerprint density at radius 2 is 1.88 bits per heavy atom. The number of hydrogen-bond acceptors (Lipinski definition) is 2. The number of benzene rings is 2. The van der Waals surface area contributed by atoms with Crippen LogP contribution in [0.4, 0.5) is 4.39 Å². The summed E-state index contributed by atoms with van der Waals surface area (Å²) in [6, 6.07) is 15.2. The first-order valence-corrected chi connectivity index (χ1v) is 7.70. The Hall–Kier alpha value is -2.95. The number of amides is 1. The minimum absolute atomic E-state index is 0.183. The minimum Gasteiger partial charge on any atom is -0.342 e. The Morgan fingerprint density at radius 1 is 1.17 bits per heavy atom. The summed E-state index contributed by atoms with van der Waals surface area (Å²) in [7, 11) is 1.82. The Balaban J connectivity index is 1.87. The molecule has 5 heteroatoms. The van der Waals surface area contributed by atoms with Crippen molar-refractivity contribution < 1.29 is 9.18 Å². The lowest BCUT2D eigenvalue weighted by molar-refractivity contribution is -0.121. The highest BCUT2D eigenvalue weighted by molar-refractivity contribution is 5.79. The zero-order chi connectivity index (χ0) is 16.9. The molecule has 2 aromatic carbocycles. The summed E-state index contributed by atoms with van der Waals surface area (Å²) in [4.78, 5) is 16.7. The number of rotatable bonds is 5. The van der Waals surface area contributed by atoms with Crippen LogP contribution in [-0.2, 0) is 18.3 Å². The van der Waals surface area contributed by atoms with Crippen LogP contribution in [0.25, 0.3) is 0 Å². The van der Waals surface area contributed by atoms with Gasteiger partial charge in [0.25, 0.3) is 0 Å². The molecular weight excluding hydrogens is 305 g/mol. The molecule has 1 N–H and O–H groups in total. The molecule has 0 spiro atoms. The van der Waals surface area contributed by atoms with E-state index in [1.807, 2.05) is 37.4 Å². The van der Waals surface area contributed by atoms with E-state index in [2.05, 4.69) is 10.3 Å². The lowest BCUT2D eigenvalue weighted by atomic mass is 10.0. The van der Waals surface area contributed by atoms with E-state index in [0.29, 0.717) is 11.4 Å². The highest BCUT2D eigenvalue weighted by Crippen LogP contribution is 2.23. The lowest BCUT2D eigenvalue weighted by Crippen LogP contribution is -2.32. The summed E-state index contributed by atoms with van der Waals surface area (Å²) in [5.74, 6) is 0.0319. The molecule has 122 valence electrons. The van der Waals surface area contributed by atoms with Gasteiger partial charge in [-0.05, 0) is 11.6 Å². The normalized spacial score (nSPS) is 11.9. The van der Waals surface area contributed by atoms with Crippen LogP contribution in [0, 0.1) is 5.82 Å². The smallest absolute Gasteiger partial charge is 0.225 e. The zero-order valence-electron chi connectivity index (χ0n) is 13.3. The van der Waals surface area contributed by atoms with Crippen LogP contribution >= 0.6 is 0 Å². The number of nitrogens with zero attached hydrogens (tertiary/aromatic N) is 2. The molecule has 1 amide bonds. The maximum Gasteiger partial charge on any atom is 0.225 e. The van der Waals surface area contributed by atoms with Crippen molar-refractivity contribution in [3.05, 3.63) is 89.8 Å². The van der Waals surface area contributed by atoms with Gasteiger partial charge in [-0.25, -0.2) is 9.37 Å². The van der Waals surface area contributed by atoms with Gasteiger partial charge in [0.15, 0.2) is 0 Å². The predicted octanol–water partition coefficient (Wildman–Crippen LogP) is 3.01. The number of hydrogen-bond donors (Lipinski definition) is 1. The van der Waals surface area contributed by atoms with Crippen LogP contribution in [0.1, 0.15) is 23.0 Å². The van der Waals surface area contributed by atoms with E-state index in [1.165, 1.54) is 6.07 Å². The maximum absolute atomic E-state index is 14.3. The summed E-state index contributed by atoms with van der Waals surface area (Å²) in [6.45, 7) is 0. The second-order valence-electron chi connectivity index (χ2n) is 5.58. The summed E-state index contributed by atoms with van der Waals surface area (Å²) < 4.78 is 16.0. The summed E-state index contributed by atoms with van der Waals surface area (Å²) in [5.41, 5.74) is 1.30. The van der Waals surface area contributed by atoms with Crippen molar-refractivity contribution in [2.75, 3.05) is 0 Å². The van der Waals surface area contributed by atoms with Gasteiger partial charge < -0.3 is 9.88 Å². The fourth-order valence-corrected chi connectivity index (χ4v) is 2.64.